The molecule has 0 radical (unpaired) electrons. The Kier molecular flexibility index (Phi) is 7.57. The summed E-state index contributed by atoms with van der Waals surface area (Å²) < 4.78 is 5.93. The standard InChI is InChI=1S/C25H28N2O3/c1-18(24(28)13-8-19-6-4-14-27-17-19)30-23-11-9-21(10-12-23)22-7-3-5-20(15-22)16-25(29)26-2/h3-7,9-12,14-15,17-18,24,28H,8,13,16H2,1-2H3,(H,26,29)/t18-,24+/m0/s1. The Morgan fingerprint density at radius 3 is 2.53 bits per heavy atom. The summed E-state index contributed by atoms with van der Waals surface area (Å²) in [6, 6.07) is 19.7. The van der Waals surface area contributed by atoms with Gasteiger partial charge in [-0.2, -0.15) is 0 Å². The minimum absolute atomic E-state index is 0.00743. The third kappa shape index (κ3) is 6.16. The van der Waals surface area contributed by atoms with E-state index in [0.717, 1.165) is 28.7 Å². The Labute approximate surface area is 177 Å². The van der Waals surface area contributed by atoms with E-state index in [1.807, 2.05) is 73.8 Å². The van der Waals surface area contributed by atoms with E-state index in [-0.39, 0.29) is 12.0 Å². The predicted molar refractivity (Wildman–Crippen MR) is 118 cm³/mol. The molecule has 2 aromatic carbocycles. The van der Waals surface area contributed by atoms with Gasteiger partial charge in [0.15, 0.2) is 0 Å². The maximum Gasteiger partial charge on any atom is 0.224 e. The van der Waals surface area contributed by atoms with Crippen molar-refractivity contribution in [1.29, 1.82) is 0 Å². The summed E-state index contributed by atoms with van der Waals surface area (Å²) in [5.41, 5.74) is 4.17. The van der Waals surface area contributed by atoms with E-state index in [1.165, 1.54) is 0 Å². The molecular weight excluding hydrogens is 376 g/mol. The normalized spacial score (nSPS) is 12.8. The first kappa shape index (κ1) is 21.5. The van der Waals surface area contributed by atoms with Gasteiger partial charge < -0.3 is 15.2 Å². The maximum absolute atomic E-state index is 11.6. The lowest BCUT2D eigenvalue weighted by Gasteiger charge is -2.20. The van der Waals surface area contributed by atoms with E-state index in [2.05, 4.69) is 10.3 Å². The van der Waals surface area contributed by atoms with Crippen molar-refractivity contribution in [2.75, 3.05) is 7.05 Å². The summed E-state index contributed by atoms with van der Waals surface area (Å²) in [6.07, 6.45) is 4.42. The molecule has 30 heavy (non-hydrogen) atoms. The lowest BCUT2D eigenvalue weighted by atomic mass is 10.0. The van der Waals surface area contributed by atoms with Crippen molar-refractivity contribution in [3.8, 4) is 16.9 Å². The van der Waals surface area contributed by atoms with Gasteiger partial charge in [0.2, 0.25) is 5.91 Å². The molecule has 1 heterocycles. The number of carbonyl (C=O) groups excluding carboxylic acids is 1. The smallest absolute Gasteiger partial charge is 0.224 e. The lowest BCUT2D eigenvalue weighted by molar-refractivity contribution is -0.119. The molecule has 0 spiro atoms. The van der Waals surface area contributed by atoms with Gasteiger partial charge in [-0.25, -0.2) is 0 Å². The minimum Gasteiger partial charge on any atom is -0.488 e. The molecule has 2 atom stereocenters. The number of aryl methyl sites for hydroxylation is 1. The topological polar surface area (TPSA) is 71.5 Å². The second-order valence-corrected chi connectivity index (χ2v) is 7.36. The van der Waals surface area contributed by atoms with Crippen LogP contribution in [0.1, 0.15) is 24.5 Å². The highest BCUT2D eigenvalue weighted by molar-refractivity contribution is 5.79. The van der Waals surface area contributed by atoms with Crippen LogP contribution in [0.2, 0.25) is 0 Å². The molecule has 3 aromatic rings. The molecule has 3 rings (SSSR count). The Balaban J connectivity index is 1.57. The maximum atomic E-state index is 11.6. The number of hydrogen-bond donors (Lipinski definition) is 2. The summed E-state index contributed by atoms with van der Waals surface area (Å²) in [5.74, 6) is 0.708. The number of pyridine rings is 1. The number of aliphatic hydroxyl groups is 1. The van der Waals surface area contributed by atoms with Gasteiger partial charge >= 0.3 is 0 Å². The summed E-state index contributed by atoms with van der Waals surface area (Å²) in [6.45, 7) is 1.88. The van der Waals surface area contributed by atoms with E-state index in [9.17, 15) is 9.90 Å². The Morgan fingerprint density at radius 1 is 1.07 bits per heavy atom. The van der Waals surface area contributed by atoms with Gasteiger partial charge in [0.25, 0.3) is 0 Å². The van der Waals surface area contributed by atoms with Gasteiger partial charge in [-0.15, -0.1) is 0 Å². The van der Waals surface area contributed by atoms with Crippen LogP contribution in [0.25, 0.3) is 11.1 Å². The molecule has 2 N–H and O–H groups in total. The summed E-state index contributed by atoms with van der Waals surface area (Å²) in [7, 11) is 1.64. The fourth-order valence-electron chi connectivity index (χ4n) is 3.25. The molecule has 0 aliphatic carbocycles. The van der Waals surface area contributed by atoms with Crippen molar-refractivity contribution in [3.05, 3.63) is 84.2 Å². The molecular formula is C25H28N2O3. The lowest BCUT2D eigenvalue weighted by Crippen LogP contribution is -2.29. The fraction of sp³-hybridized carbons (Fsp3) is 0.280. The molecule has 0 unspecified atom stereocenters. The molecule has 5 nitrogen and oxygen atoms in total. The third-order valence-corrected chi connectivity index (χ3v) is 5.07. The fourth-order valence-corrected chi connectivity index (χ4v) is 3.25. The first-order valence-corrected chi connectivity index (χ1v) is 10.2. The van der Waals surface area contributed by atoms with Crippen LogP contribution in [-0.4, -0.2) is 35.3 Å². The number of aromatic nitrogens is 1. The number of likely N-dealkylation sites (N-methyl/N-ethyl adjacent to an activating group) is 1. The number of benzene rings is 2. The number of rotatable bonds is 9. The Bertz CT molecular complexity index is 942. The highest BCUT2D eigenvalue weighted by Gasteiger charge is 2.16. The minimum atomic E-state index is -0.564. The van der Waals surface area contributed by atoms with Crippen LogP contribution in [0.5, 0.6) is 5.75 Å². The second-order valence-electron chi connectivity index (χ2n) is 7.36. The SMILES string of the molecule is CNC(=O)Cc1cccc(-c2ccc(O[C@@H](C)[C@H](O)CCc3cccnc3)cc2)c1. The first-order chi connectivity index (χ1) is 14.5. The summed E-state index contributed by atoms with van der Waals surface area (Å²) in [4.78, 5) is 15.7. The predicted octanol–water partition coefficient (Wildman–Crippen LogP) is 3.80. The quantitative estimate of drug-likeness (QED) is 0.569. The number of hydrogen-bond acceptors (Lipinski definition) is 4. The molecule has 0 saturated heterocycles. The molecule has 0 bridgehead atoms. The molecule has 5 heteroatoms. The van der Waals surface area contributed by atoms with E-state index < -0.39 is 6.10 Å². The van der Waals surface area contributed by atoms with E-state index >= 15 is 0 Å². The zero-order valence-corrected chi connectivity index (χ0v) is 17.4. The first-order valence-electron chi connectivity index (χ1n) is 10.2. The van der Waals surface area contributed by atoms with E-state index in [1.54, 1.807) is 13.2 Å². The summed E-state index contributed by atoms with van der Waals surface area (Å²) in [5, 5.41) is 13.1. The number of nitrogens with zero attached hydrogens (tertiary/aromatic N) is 1. The zero-order chi connectivity index (χ0) is 21.3. The second kappa shape index (κ2) is 10.6. The number of amides is 1. The Morgan fingerprint density at radius 2 is 1.83 bits per heavy atom. The van der Waals surface area contributed by atoms with Gasteiger partial charge in [-0.1, -0.05) is 42.5 Å². The number of aliphatic hydroxyl groups excluding tert-OH is 1. The molecule has 0 fully saturated rings. The van der Waals surface area contributed by atoms with Crippen molar-refractivity contribution in [1.82, 2.24) is 10.3 Å². The highest BCUT2D eigenvalue weighted by Crippen LogP contribution is 2.24. The molecule has 0 aliphatic rings. The number of ether oxygens (including phenoxy) is 1. The van der Waals surface area contributed by atoms with Crippen molar-refractivity contribution in [2.45, 2.75) is 38.4 Å². The zero-order valence-electron chi connectivity index (χ0n) is 17.4. The van der Waals surface area contributed by atoms with Crippen molar-refractivity contribution < 1.29 is 14.6 Å². The number of carbonyl (C=O) groups is 1. The van der Waals surface area contributed by atoms with Crippen LogP contribution >= 0.6 is 0 Å². The van der Waals surface area contributed by atoms with Gasteiger partial charge in [-0.3, -0.25) is 9.78 Å². The molecule has 0 aliphatic heterocycles. The van der Waals surface area contributed by atoms with Gasteiger partial charge in [0.1, 0.15) is 11.9 Å². The average Bonchev–Trinajstić information content (AvgIpc) is 2.78. The third-order valence-electron chi connectivity index (χ3n) is 5.07. The van der Waals surface area contributed by atoms with Crippen molar-refractivity contribution in [2.24, 2.45) is 0 Å². The van der Waals surface area contributed by atoms with Crippen LogP contribution in [0.4, 0.5) is 0 Å². The van der Waals surface area contributed by atoms with Crippen LogP contribution in [0.15, 0.2) is 73.1 Å². The van der Waals surface area contributed by atoms with E-state index in [4.69, 9.17) is 4.74 Å². The monoisotopic (exact) mass is 404 g/mol. The van der Waals surface area contributed by atoms with Gasteiger partial charge in [0.05, 0.1) is 12.5 Å². The van der Waals surface area contributed by atoms with Gasteiger partial charge in [0, 0.05) is 19.4 Å². The van der Waals surface area contributed by atoms with Gasteiger partial charge in [-0.05, 0) is 60.2 Å². The molecule has 156 valence electrons. The van der Waals surface area contributed by atoms with Crippen molar-refractivity contribution >= 4 is 5.91 Å². The molecule has 1 amide bonds. The number of nitrogens with one attached hydrogen (secondary N) is 1. The largest absolute Gasteiger partial charge is 0.488 e. The molecule has 0 saturated carbocycles. The molecule has 1 aromatic heterocycles. The van der Waals surface area contributed by atoms with Crippen LogP contribution in [0, 0.1) is 0 Å². The van der Waals surface area contributed by atoms with Crippen LogP contribution in [0.3, 0.4) is 0 Å². The Hall–Kier alpha value is -3.18. The van der Waals surface area contributed by atoms with E-state index in [0.29, 0.717) is 18.6 Å². The summed E-state index contributed by atoms with van der Waals surface area (Å²) >= 11 is 0. The van der Waals surface area contributed by atoms with Crippen molar-refractivity contribution in [3.63, 3.8) is 0 Å². The van der Waals surface area contributed by atoms with Crippen LogP contribution < -0.4 is 10.1 Å². The average molecular weight is 405 g/mol. The van der Waals surface area contributed by atoms with Crippen LogP contribution in [-0.2, 0) is 17.6 Å². The highest BCUT2D eigenvalue weighted by atomic mass is 16.5.